The molecule has 0 saturated heterocycles. The molecular weight excluding hydrogens is 564 g/mol. The Hall–Kier alpha value is -6.26. The summed E-state index contributed by atoms with van der Waals surface area (Å²) >= 11 is 0. The second-order valence-corrected chi connectivity index (χ2v) is 11.8. The van der Waals surface area contributed by atoms with Crippen LogP contribution in [0.5, 0.6) is 0 Å². The van der Waals surface area contributed by atoms with Crippen molar-refractivity contribution in [1.29, 1.82) is 0 Å². The van der Waals surface area contributed by atoms with Crippen LogP contribution in [-0.4, -0.2) is 4.57 Å². The summed E-state index contributed by atoms with van der Waals surface area (Å²) < 4.78 is 14.9. The van der Waals surface area contributed by atoms with Gasteiger partial charge in [0.2, 0.25) is 0 Å². The van der Waals surface area contributed by atoms with Gasteiger partial charge in [-0.05, 0) is 78.9 Å². The zero-order chi connectivity index (χ0) is 30.2. The molecule has 0 fully saturated rings. The summed E-state index contributed by atoms with van der Waals surface area (Å²) in [5.74, 6) is 0. The zero-order valence-electron chi connectivity index (χ0n) is 24.7. The Labute approximate surface area is 263 Å². The van der Waals surface area contributed by atoms with Crippen molar-refractivity contribution < 1.29 is 8.83 Å². The van der Waals surface area contributed by atoms with Crippen LogP contribution in [0.2, 0.25) is 0 Å². The van der Waals surface area contributed by atoms with Crippen LogP contribution in [0.3, 0.4) is 0 Å². The molecule has 216 valence electrons. The maximum atomic E-state index is 6.37. The smallest absolute Gasteiger partial charge is 0.137 e. The Kier molecular flexibility index (Phi) is 5.25. The van der Waals surface area contributed by atoms with Gasteiger partial charge >= 0.3 is 0 Å². The number of aromatic nitrogens is 1. The van der Waals surface area contributed by atoms with E-state index in [2.05, 4.69) is 143 Å². The SMILES string of the molecule is c1ccc(-n2c3ccccc3c3cc(N(c4ccc5oc6ccccc6c5c4)c4cccc5oc6ccccc6c45)ccc32)cc1. The molecule has 3 heterocycles. The molecule has 4 nitrogen and oxygen atoms in total. The van der Waals surface area contributed by atoms with Gasteiger partial charge in [0.25, 0.3) is 0 Å². The highest BCUT2D eigenvalue weighted by Gasteiger charge is 2.22. The number of nitrogens with zero attached hydrogens (tertiary/aromatic N) is 2. The molecule has 0 bridgehead atoms. The summed E-state index contributed by atoms with van der Waals surface area (Å²) in [5, 5.41) is 6.78. The molecule has 0 unspecified atom stereocenters. The Morgan fingerprint density at radius 2 is 0.978 bits per heavy atom. The fraction of sp³-hybridized carbons (Fsp3) is 0. The normalized spacial score (nSPS) is 11.9. The summed E-state index contributed by atoms with van der Waals surface area (Å²) in [4.78, 5) is 2.36. The van der Waals surface area contributed by atoms with E-state index in [1.165, 1.54) is 21.8 Å². The number of hydrogen-bond donors (Lipinski definition) is 0. The van der Waals surface area contributed by atoms with Gasteiger partial charge in [-0.1, -0.05) is 78.9 Å². The van der Waals surface area contributed by atoms with Gasteiger partial charge in [0.05, 0.1) is 22.1 Å². The van der Waals surface area contributed by atoms with Crippen LogP contribution >= 0.6 is 0 Å². The molecule has 0 aliphatic rings. The molecule has 0 spiro atoms. The maximum absolute atomic E-state index is 6.37. The molecule has 0 atom stereocenters. The molecule has 0 saturated carbocycles. The summed E-state index contributed by atoms with van der Waals surface area (Å²) in [5.41, 5.74) is 10.2. The van der Waals surface area contributed by atoms with E-state index in [0.29, 0.717) is 0 Å². The highest BCUT2D eigenvalue weighted by molar-refractivity contribution is 6.15. The monoisotopic (exact) mass is 590 g/mol. The molecule has 10 rings (SSSR count). The first-order chi connectivity index (χ1) is 22.8. The lowest BCUT2D eigenvalue weighted by Crippen LogP contribution is -2.10. The van der Waals surface area contributed by atoms with Gasteiger partial charge in [0.1, 0.15) is 22.3 Å². The van der Waals surface area contributed by atoms with Crippen LogP contribution in [0.4, 0.5) is 17.1 Å². The average Bonchev–Trinajstić information content (AvgIpc) is 3.78. The fourth-order valence-corrected chi connectivity index (χ4v) is 7.18. The summed E-state index contributed by atoms with van der Waals surface area (Å²) in [6, 6.07) is 55.4. The molecule has 10 aromatic rings. The van der Waals surface area contributed by atoms with E-state index in [1.807, 2.05) is 24.3 Å². The summed E-state index contributed by atoms with van der Waals surface area (Å²) in [7, 11) is 0. The standard InChI is InChI=1S/C42H26N2O2/c1-2-11-27(12-3-1)44-35-16-7-4-13-30(35)33-25-28(21-23-36(33)44)43(29-22-24-40-34(26-29)31-14-5-8-18-38(31)45-40)37-17-10-20-41-42(37)32-15-6-9-19-39(32)46-41/h1-26H. The first kappa shape index (κ1) is 25.1. The lowest BCUT2D eigenvalue weighted by molar-refractivity contribution is 0.668. The number of rotatable bonds is 4. The first-order valence-corrected chi connectivity index (χ1v) is 15.5. The first-order valence-electron chi connectivity index (χ1n) is 15.5. The van der Waals surface area contributed by atoms with E-state index in [4.69, 9.17) is 8.83 Å². The minimum Gasteiger partial charge on any atom is -0.456 e. The second-order valence-electron chi connectivity index (χ2n) is 11.8. The predicted molar refractivity (Wildman–Crippen MR) is 190 cm³/mol. The van der Waals surface area contributed by atoms with Crippen molar-refractivity contribution in [2.24, 2.45) is 0 Å². The van der Waals surface area contributed by atoms with Crippen molar-refractivity contribution in [1.82, 2.24) is 4.57 Å². The predicted octanol–water partition coefficient (Wildman–Crippen LogP) is 12.1. The number of fused-ring (bicyclic) bond motifs is 9. The van der Waals surface area contributed by atoms with Crippen LogP contribution in [0.25, 0.3) is 71.4 Å². The largest absolute Gasteiger partial charge is 0.456 e. The van der Waals surface area contributed by atoms with E-state index < -0.39 is 0 Å². The third-order valence-electron chi connectivity index (χ3n) is 9.17. The molecule has 7 aromatic carbocycles. The lowest BCUT2D eigenvalue weighted by Gasteiger charge is -2.26. The van der Waals surface area contributed by atoms with Crippen molar-refractivity contribution in [3.05, 3.63) is 158 Å². The lowest BCUT2D eigenvalue weighted by atomic mass is 10.1. The van der Waals surface area contributed by atoms with Gasteiger partial charge in [0.15, 0.2) is 0 Å². The number of furan rings is 2. The number of hydrogen-bond acceptors (Lipinski definition) is 3. The van der Waals surface area contributed by atoms with Crippen molar-refractivity contribution in [3.63, 3.8) is 0 Å². The number of para-hydroxylation sites is 4. The van der Waals surface area contributed by atoms with Gasteiger partial charge in [-0.25, -0.2) is 0 Å². The van der Waals surface area contributed by atoms with E-state index in [-0.39, 0.29) is 0 Å². The molecule has 0 N–H and O–H groups in total. The van der Waals surface area contributed by atoms with Crippen molar-refractivity contribution >= 4 is 82.7 Å². The van der Waals surface area contributed by atoms with Crippen LogP contribution in [-0.2, 0) is 0 Å². The molecular formula is C42H26N2O2. The third-order valence-corrected chi connectivity index (χ3v) is 9.17. The topological polar surface area (TPSA) is 34.5 Å². The second kappa shape index (κ2) is 9.62. The Bertz CT molecular complexity index is 2770. The molecule has 3 aromatic heterocycles. The van der Waals surface area contributed by atoms with Gasteiger partial charge in [0, 0.05) is 44.0 Å². The van der Waals surface area contributed by atoms with Crippen molar-refractivity contribution in [2.45, 2.75) is 0 Å². The molecule has 4 heteroatoms. The molecule has 0 aliphatic carbocycles. The van der Waals surface area contributed by atoms with E-state index in [1.54, 1.807) is 0 Å². The number of anilines is 3. The summed E-state index contributed by atoms with van der Waals surface area (Å²) in [6.07, 6.45) is 0. The highest BCUT2D eigenvalue weighted by atomic mass is 16.3. The van der Waals surface area contributed by atoms with Gasteiger partial charge < -0.3 is 18.3 Å². The molecule has 0 radical (unpaired) electrons. The minimum absolute atomic E-state index is 0.861. The number of benzene rings is 7. The van der Waals surface area contributed by atoms with Gasteiger partial charge in [-0.2, -0.15) is 0 Å². The molecule has 46 heavy (non-hydrogen) atoms. The van der Waals surface area contributed by atoms with Crippen LogP contribution in [0, 0.1) is 0 Å². The van der Waals surface area contributed by atoms with Crippen LogP contribution in [0.15, 0.2) is 167 Å². The fourth-order valence-electron chi connectivity index (χ4n) is 7.18. The van der Waals surface area contributed by atoms with Gasteiger partial charge in [-0.15, -0.1) is 0 Å². The van der Waals surface area contributed by atoms with E-state index in [9.17, 15) is 0 Å². The van der Waals surface area contributed by atoms with E-state index in [0.717, 1.165) is 66.6 Å². The average molecular weight is 591 g/mol. The quantitative estimate of drug-likeness (QED) is 0.204. The zero-order valence-corrected chi connectivity index (χ0v) is 24.7. The summed E-state index contributed by atoms with van der Waals surface area (Å²) in [6.45, 7) is 0. The van der Waals surface area contributed by atoms with Crippen LogP contribution < -0.4 is 4.90 Å². The highest BCUT2D eigenvalue weighted by Crippen LogP contribution is 2.45. The minimum atomic E-state index is 0.861. The van der Waals surface area contributed by atoms with Gasteiger partial charge in [-0.3, -0.25) is 0 Å². The Morgan fingerprint density at radius 3 is 1.83 bits per heavy atom. The molecule has 0 aliphatic heterocycles. The third kappa shape index (κ3) is 3.61. The van der Waals surface area contributed by atoms with E-state index >= 15 is 0 Å². The Morgan fingerprint density at radius 1 is 0.391 bits per heavy atom. The van der Waals surface area contributed by atoms with Crippen molar-refractivity contribution in [3.8, 4) is 5.69 Å². The molecule has 0 amide bonds. The maximum Gasteiger partial charge on any atom is 0.137 e. The van der Waals surface area contributed by atoms with Crippen LogP contribution in [0.1, 0.15) is 0 Å². The Balaban J connectivity index is 1.29. The van der Waals surface area contributed by atoms with Crippen molar-refractivity contribution in [2.75, 3.05) is 4.90 Å².